The second kappa shape index (κ2) is 6.56. The molecular weight excluding hydrogens is 266 g/mol. The van der Waals surface area contributed by atoms with Crippen LogP contribution in [0.4, 0.5) is 5.69 Å². The Hall–Kier alpha value is -1.56. The van der Waals surface area contributed by atoms with Gasteiger partial charge in [0.2, 0.25) is 10.0 Å². The molecule has 6 heteroatoms. The van der Waals surface area contributed by atoms with E-state index in [0.29, 0.717) is 12.2 Å². The van der Waals surface area contributed by atoms with Crippen LogP contribution in [0.1, 0.15) is 25.3 Å². The van der Waals surface area contributed by atoms with Crippen molar-refractivity contribution in [3.05, 3.63) is 29.8 Å². The standard InChI is InChI=1S/C13H19NO4S/c1-3-14(12-8-5-4-7-11(12)2)19(17,18)10-6-9-13(15)16/h4-5,7-8H,3,6,9-10H2,1-2H3,(H,15,16). The molecule has 0 saturated carbocycles. The summed E-state index contributed by atoms with van der Waals surface area (Å²) >= 11 is 0. The molecule has 5 nitrogen and oxygen atoms in total. The minimum Gasteiger partial charge on any atom is -0.481 e. The van der Waals surface area contributed by atoms with Gasteiger partial charge >= 0.3 is 5.97 Å². The van der Waals surface area contributed by atoms with Crippen LogP contribution in [0.2, 0.25) is 0 Å². The van der Waals surface area contributed by atoms with Gasteiger partial charge in [0, 0.05) is 13.0 Å². The van der Waals surface area contributed by atoms with Gasteiger partial charge in [0.05, 0.1) is 11.4 Å². The van der Waals surface area contributed by atoms with E-state index >= 15 is 0 Å². The number of sulfonamides is 1. The van der Waals surface area contributed by atoms with Gasteiger partial charge in [-0.2, -0.15) is 0 Å². The van der Waals surface area contributed by atoms with Gasteiger partial charge in [0.25, 0.3) is 0 Å². The molecule has 1 rings (SSSR count). The van der Waals surface area contributed by atoms with Crippen LogP contribution in [0.15, 0.2) is 24.3 Å². The fourth-order valence-corrected chi connectivity index (χ4v) is 3.50. The molecule has 0 atom stereocenters. The fraction of sp³-hybridized carbons (Fsp3) is 0.462. The molecule has 0 aromatic heterocycles. The van der Waals surface area contributed by atoms with Crippen molar-refractivity contribution >= 4 is 21.7 Å². The highest BCUT2D eigenvalue weighted by molar-refractivity contribution is 7.92. The van der Waals surface area contributed by atoms with Gasteiger partial charge in [-0.15, -0.1) is 0 Å². The molecule has 1 aromatic rings. The molecule has 0 aliphatic heterocycles. The Bertz CT molecular complexity index is 539. The molecule has 0 aliphatic carbocycles. The maximum atomic E-state index is 12.2. The lowest BCUT2D eigenvalue weighted by Gasteiger charge is -2.24. The van der Waals surface area contributed by atoms with Gasteiger partial charge in [0.15, 0.2) is 0 Å². The van der Waals surface area contributed by atoms with E-state index in [1.807, 2.05) is 19.1 Å². The minimum absolute atomic E-state index is 0.125. The first-order valence-electron chi connectivity index (χ1n) is 6.16. The number of para-hydroxylation sites is 1. The number of carbonyl (C=O) groups is 1. The predicted molar refractivity (Wildman–Crippen MR) is 74.9 cm³/mol. The molecule has 0 amide bonds. The van der Waals surface area contributed by atoms with Crippen molar-refractivity contribution in [2.45, 2.75) is 26.7 Å². The lowest BCUT2D eigenvalue weighted by molar-refractivity contribution is -0.137. The predicted octanol–water partition coefficient (Wildman–Crippen LogP) is 2.02. The topological polar surface area (TPSA) is 74.7 Å². The Morgan fingerprint density at radius 3 is 2.47 bits per heavy atom. The van der Waals surface area contributed by atoms with Gasteiger partial charge in [-0.05, 0) is 31.9 Å². The summed E-state index contributed by atoms with van der Waals surface area (Å²) in [7, 11) is -3.47. The summed E-state index contributed by atoms with van der Waals surface area (Å²) in [5.41, 5.74) is 1.53. The SMILES string of the molecule is CCN(c1ccccc1C)S(=O)(=O)CCCC(=O)O. The molecule has 106 valence electrons. The van der Waals surface area contributed by atoms with Crippen molar-refractivity contribution in [3.8, 4) is 0 Å². The summed E-state index contributed by atoms with van der Waals surface area (Å²) in [5.74, 6) is -1.13. The van der Waals surface area contributed by atoms with Crippen LogP contribution < -0.4 is 4.31 Å². The molecule has 0 heterocycles. The van der Waals surface area contributed by atoms with Crippen molar-refractivity contribution in [2.24, 2.45) is 0 Å². The summed E-state index contributed by atoms with van der Waals surface area (Å²) in [6.07, 6.45) is -0.00932. The Morgan fingerprint density at radius 1 is 1.32 bits per heavy atom. The molecule has 0 aliphatic rings. The molecule has 0 spiro atoms. The molecule has 19 heavy (non-hydrogen) atoms. The lowest BCUT2D eigenvalue weighted by Crippen LogP contribution is -2.33. The normalized spacial score (nSPS) is 11.3. The largest absolute Gasteiger partial charge is 0.481 e. The van der Waals surface area contributed by atoms with Gasteiger partial charge in [-0.3, -0.25) is 9.10 Å². The van der Waals surface area contributed by atoms with Crippen LogP contribution in [-0.2, 0) is 14.8 Å². The average Bonchev–Trinajstić information content (AvgIpc) is 2.31. The third kappa shape index (κ3) is 4.24. The van der Waals surface area contributed by atoms with E-state index in [-0.39, 0.29) is 18.6 Å². The molecule has 0 radical (unpaired) electrons. The van der Waals surface area contributed by atoms with Crippen molar-refractivity contribution in [1.29, 1.82) is 0 Å². The van der Waals surface area contributed by atoms with Gasteiger partial charge < -0.3 is 5.11 Å². The van der Waals surface area contributed by atoms with Crippen molar-refractivity contribution in [3.63, 3.8) is 0 Å². The van der Waals surface area contributed by atoms with Crippen LogP contribution in [0.25, 0.3) is 0 Å². The maximum absolute atomic E-state index is 12.2. The summed E-state index contributed by atoms with van der Waals surface area (Å²) in [6.45, 7) is 3.95. The Kier molecular flexibility index (Phi) is 5.35. The third-order valence-electron chi connectivity index (χ3n) is 2.80. The summed E-state index contributed by atoms with van der Waals surface area (Å²) in [4.78, 5) is 10.4. The quantitative estimate of drug-likeness (QED) is 0.831. The first-order chi connectivity index (χ1) is 8.88. The first kappa shape index (κ1) is 15.5. The maximum Gasteiger partial charge on any atom is 0.303 e. The summed E-state index contributed by atoms with van der Waals surface area (Å²) in [6, 6.07) is 7.25. The Morgan fingerprint density at radius 2 is 1.95 bits per heavy atom. The van der Waals surface area contributed by atoms with Gasteiger partial charge in [-0.25, -0.2) is 8.42 Å². The van der Waals surface area contributed by atoms with E-state index in [4.69, 9.17) is 5.11 Å². The summed E-state index contributed by atoms with van der Waals surface area (Å²) < 4.78 is 25.8. The number of carboxylic acid groups (broad SMARTS) is 1. The minimum atomic E-state index is -3.47. The van der Waals surface area contributed by atoms with Gasteiger partial charge in [-0.1, -0.05) is 18.2 Å². The van der Waals surface area contributed by atoms with Crippen LogP contribution in [0, 0.1) is 6.92 Å². The number of rotatable bonds is 7. The van der Waals surface area contributed by atoms with E-state index in [1.165, 1.54) is 4.31 Å². The summed E-state index contributed by atoms with van der Waals surface area (Å²) in [5, 5.41) is 8.56. The number of hydrogen-bond acceptors (Lipinski definition) is 3. The number of benzene rings is 1. The van der Waals surface area contributed by atoms with E-state index in [2.05, 4.69) is 0 Å². The number of hydrogen-bond donors (Lipinski definition) is 1. The van der Waals surface area contributed by atoms with Gasteiger partial charge in [0.1, 0.15) is 0 Å². The second-order valence-corrected chi connectivity index (χ2v) is 6.28. The van der Waals surface area contributed by atoms with E-state index in [0.717, 1.165) is 5.56 Å². The second-order valence-electron chi connectivity index (χ2n) is 4.26. The van der Waals surface area contributed by atoms with Crippen LogP contribution >= 0.6 is 0 Å². The highest BCUT2D eigenvalue weighted by Crippen LogP contribution is 2.22. The Labute approximate surface area is 113 Å². The zero-order valence-electron chi connectivity index (χ0n) is 11.2. The number of aryl methyl sites for hydroxylation is 1. The molecule has 0 fully saturated rings. The molecule has 1 aromatic carbocycles. The van der Waals surface area contributed by atoms with Crippen molar-refractivity contribution in [2.75, 3.05) is 16.6 Å². The highest BCUT2D eigenvalue weighted by Gasteiger charge is 2.22. The molecule has 1 N–H and O–H groups in total. The monoisotopic (exact) mass is 285 g/mol. The smallest absolute Gasteiger partial charge is 0.303 e. The van der Waals surface area contributed by atoms with Crippen LogP contribution in [0.5, 0.6) is 0 Å². The number of carboxylic acids is 1. The molecule has 0 unspecified atom stereocenters. The van der Waals surface area contributed by atoms with E-state index in [1.54, 1.807) is 19.1 Å². The van der Waals surface area contributed by atoms with Crippen molar-refractivity contribution < 1.29 is 18.3 Å². The molecule has 0 bridgehead atoms. The number of nitrogens with zero attached hydrogens (tertiary/aromatic N) is 1. The molecular formula is C13H19NO4S. The van der Waals surface area contributed by atoms with Crippen molar-refractivity contribution in [1.82, 2.24) is 0 Å². The first-order valence-corrected chi connectivity index (χ1v) is 7.77. The van der Waals surface area contributed by atoms with E-state index < -0.39 is 16.0 Å². The third-order valence-corrected chi connectivity index (χ3v) is 4.73. The molecule has 0 saturated heterocycles. The average molecular weight is 285 g/mol. The zero-order chi connectivity index (χ0) is 14.5. The zero-order valence-corrected chi connectivity index (χ0v) is 12.0. The fourth-order valence-electron chi connectivity index (χ4n) is 1.88. The van der Waals surface area contributed by atoms with E-state index in [9.17, 15) is 13.2 Å². The number of anilines is 1. The number of aliphatic carboxylic acids is 1. The van der Waals surface area contributed by atoms with Crippen LogP contribution in [0.3, 0.4) is 0 Å². The highest BCUT2D eigenvalue weighted by atomic mass is 32.2. The lowest BCUT2D eigenvalue weighted by atomic mass is 10.2. The Balaban J connectivity index is 2.90. The van der Waals surface area contributed by atoms with Crippen LogP contribution in [-0.4, -0.2) is 31.8 Å².